The Hall–Kier alpha value is -2.04. The topological polar surface area (TPSA) is 49.9 Å². The van der Waals surface area contributed by atoms with Gasteiger partial charge in [-0.1, -0.05) is 0 Å². The van der Waals surface area contributed by atoms with Crippen LogP contribution in [0.4, 0.5) is 10.1 Å². The number of hydrogen-bond donors (Lipinski definition) is 2. The third-order valence-electron chi connectivity index (χ3n) is 2.19. The van der Waals surface area contributed by atoms with Crippen molar-refractivity contribution in [1.82, 2.24) is 9.97 Å². The van der Waals surface area contributed by atoms with Crippen LogP contribution in [0.3, 0.4) is 0 Å². The van der Waals surface area contributed by atoms with E-state index in [1.807, 2.05) is 0 Å². The number of ether oxygens (including phenoxy) is 1. The molecule has 1 aromatic heterocycles. The summed E-state index contributed by atoms with van der Waals surface area (Å²) in [7, 11) is 1.44. The maximum Gasteiger partial charge on any atom is 0.165 e. The molecule has 0 atom stereocenters. The first-order valence-corrected chi connectivity index (χ1v) is 4.84. The van der Waals surface area contributed by atoms with Crippen molar-refractivity contribution >= 4 is 5.69 Å². The van der Waals surface area contributed by atoms with Crippen molar-refractivity contribution in [3.05, 3.63) is 42.2 Å². The van der Waals surface area contributed by atoms with Gasteiger partial charge in [0.15, 0.2) is 11.6 Å². The van der Waals surface area contributed by atoms with Gasteiger partial charge in [-0.15, -0.1) is 0 Å². The van der Waals surface area contributed by atoms with Gasteiger partial charge >= 0.3 is 0 Å². The van der Waals surface area contributed by atoms with Gasteiger partial charge in [0.05, 0.1) is 25.7 Å². The Labute approximate surface area is 92.5 Å². The van der Waals surface area contributed by atoms with E-state index < -0.39 is 0 Å². The van der Waals surface area contributed by atoms with Crippen LogP contribution in [-0.2, 0) is 6.54 Å². The molecule has 0 aliphatic heterocycles. The van der Waals surface area contributed by atoms with Crippen LogP contribution in [0.5, 0.6) is 5.75 Å². The smallest absolute Gasteiger partial charge is 0.165 e. The maximum absolute atomic E-state index is 13.1. The van der Waals surface area contributed by atoms with Gasteiger partial charge in [0.25, 0.3) is 0 Å². The molecule has 0 fully saturated rings. The minimum Gasteiger partial charge on any atom is -0.494 e. The van der Waals surface area contributed by atoms with E-state index in [0.717, 1.165) is 11.4 Å². The van der Waals surface area contributed by atoms with E-state index in [9.17, 15) is 4.39 Å². The fraction of sp³-hybridized carbons (Fsp3) is 0.182. The average Bonchev–Trinajstić information content (AvgIpc) is 2.81. The van der Waals surface area contributed by atoms with Crippen LogP contribution in [0.25, 0.3) is 0 Å². The summed E-state index contributed by atoms with van der Waals surface area (Å²) in [6.07, 6.45) is 3.34. The number of rotatable bonds is 4. The first-order chi connectivity index (χ1) is 7.79. The average molecular weight is 221 g/mol. The lowest BCUT2D eigenvalue weighted by atomic mass is 10.3. The summed E-state index contributed by atoms with van der Waals surface area (Å²) >= 11 is 0. The highest BCUT2D eigenvalue weighted by Gasteiger charge is 2.03. The molecule has 84 valence electrons. The van der Waals surface area contributed by atoms with Crippen molar-refractivity contribution in [2.75, 3.05) is 12.4 Å². The molecule has 2 N–H and O–H groups in total. The number of methoxy groups -OCH3 is 1. The lowest BCUT2D eigenvalue weighted by molar-refractivity contribution is 0.387. The Morgan fingerprint density at radius 2 is 2.38 bits per heavy atom. The van der Waals surface area contributed by atoms with Crippen LogP contribution in [0, 0.1) is 5.82 Å². The molecule has 0 bridgehead atoms. The standard InChI is InChI=1S/C11H12FN3O/c1-16-11-4-8(2-3-10(11)12)14-6-9-5-13-7-15-9/h2-5,7,14H,6H2,1H3,(H,13,15). The molecule has 0 saturated heterocycles. The lowest BCUT2D eigenvalue weighted by Gasteiger charge is -2.07. The van der Waals surface area contributed by atoms with E-state index in [1.165, 1.54) is 13.2 Å². The van der Waals surface area contributed by atoms with Crippen molar-refractivity contribution in [3.8, 4) is 5.75 Å². The summed E-state index contributed by atoms with van der Waals surface area (Å²) < 4.78 is 18.0. The summed E-state index contributed by atoms with van der Waals surface area (Å²) in [6.45, 7) is 0.606. The minimum atomic E-state index is -0.366. The number of nitrogens with one attached hydrogen (secondary N) is 2. The third kappa shape index (κ3) is 2.31. The number of aromatic nitrogens is 2. The second-order valence-corrected chi connectivity index (χ2v) is 3.28. The number of imidazole rings is 1. The first kappa shape index (κ1) is 10.5. The molecule has 0 aliphatic carbocycles. The molecule has 0 unspecified atom stereocenters. The van der Waals surface area contributed by atoms with E-state index >= 15 is 0 Å². The molecule has 0 radical (unpaired) electrons. The Morgan fingerprint density at radius 3 is 3.06 bits per heavy atom. The van der Waals surface area contributed by atoms with Gasteiger partial charge in [-0.25, -0.2) is 9.37 Å². The van der Waals surface area contributed by atoms with E-state index in [1.54, 1.807) is 24.7 Å². The summed E-state index contributed by atoms with van der Waals surface area (Å²) in [6, 6.07) is 4.65. The predicted octanol–water partition coefficient (Wildman–Crippen LogP) is 2.17. The fourth-order valence-corrected chi connectivity index (χ4v) is 1.35. The molecule has 1 aromatic carbocycles. The molecular formula is C11H12FN3O. The van der Waals surface area contributed by atoms with Gasteiger partial charge in [-0.3, -0.25) is 0 Å². The van der Waals surface area contributed by atoms with Crippen molar-refractivity contribution in [1.29, 1.82) is 0 Å². The van der Waals surface area contributed by atoms with Crippen LogP contribution in [0.15, 0.2) is 30.7 Å². The van der Waals surface area contributed by atoms with Gasteiger partial charge in [-0.05, 0) is 12.1 Å². The van der Waals surface area contributed by atoms with E-state index in [0.29, 0.717) is 6.54 Å². The summed E-state index contributed by atoms with van der Waals surface area (Å²) in [4.78, 5) is 6.87. The number of anilines is 1. The fourth-order valence-electron chi connectivity index (χ4n) is 1.35. The molecule has 0 spiro atoms. The van der Waals surface area contributed by atoms with Crippen molar-refractivity contribution in [3.63, 3.8) is 0 Å². The van der Waals surface area contributed by atoms with Crippen LogP contribution < -0.4 is 10.1 Å². The van der Waals surface area contributed by atoms with Crippen LogP contribution in [-0.4, -0.2) is 17.1 Å². The summed E-state index contributed by atoms with van der Waals surface area (Å²) in [5, 5.41) is 3.13. The van der Waals surface area contributed by atoms with E-state index in [4.69, 9.17) is 4.74 Å². The van der Waals surface area contributed by atoms with E-state index in [2.05, 4.69) is 15.3 Å². The Kier molecular flexibility index (Phi) is 3.05. The molecule has 5 heteroatoms. The van der Waals surface area contributed by atoms with Crippen molar-refractivity contribution in [2.24, 2.45) is 0 Å². The van der Waals surface area contributed by atoms with E-state index in [-0.39, 0.29) is 11.6 Å². The SMILES string of the molecule is COc1cc(NCc2cnc[nH]2)ccc1F. The second kappa shape index (κ2) is 4.65. The van der Waals surface area contributed by atoms with Crippen molar-refractivity contribution in [2.45, 2.75) is 6.54 Å². The number of halogens is 1. The zero-order valence-electron chi connectivity index (χ0n) is 8.83. The Balaban J connectivity index is 2.04. The molecule has 0 saturated carbocycles. The number of aromatic amines is 1. The second-order valence-electron chi connectivity index (χ2n) is 3.28. The highest BCUT2D eigenvalue weighted by molar-refractivity contribution is 5.48. The van der Waals surface area contributed by atoms with Crippen LogP contribution in [0.1, 0.15) is 5.69 Å². The van der Waals surface area contributed by atoms with Crippen LogP contribution >= 0.6 is 0 Å². The van der Waals surface area contributed by atoms with Gasteiger partial charge in [0, 0.05) is 18.0 Å². The monoisotopic (exact) mass is 221 g/mol. The highest BCUT2D eigenvalue weighted by atomic mass is 19.1. The Bertz CT molecular complexity index is 456. The van der Waals surface area contributed by atoms with Crippen molar-refractivity contribution < 1.29 is 9.13 Å². The maximum atomic E-state index is 13.1. The van der Waals surface area contributed by atoms with Crippen LogP contribution in [0.2, 0.25) is 0 Å². The summed E-state index contributed by atoms with van der Waals surface area (Å²) in [5.74, 6) is -0.135. The molecule has 4 nitrogen and oxygen atoms in total. The predicted molar refractivity (Wildman–Crippen MR) is 58.9 cm³/mol. The quantitative estimate of drug-likeness (QED) is 0.831. The first-order valence-electron chi connectivity index (χ1n) is 4.84. The molecule has 2 rings (SSSR count). The van der Waals surface area contributed by atoms with Gasteiger partial charge < -0.3 is 15.0 Å². The largest absolute Gasteiger partial charge is 0.494 e. The molecule has 2 aromatic rings. The lowest BCUT2D eigenvalue weighted by Crippen LogP contribution is -2.00. The molecule has 0 aliphatic rings. The molecule has 1 heterocycles. The van der Waals surface area contributed by atoms with Gasteiger partial charge in [-0.2, -0.15) is 0 Å². The number of nitrogens with zero attached hydrogens (tertiary/aromatic N) is 1. The van der Waals surface area contributed by atoms with Gasteiger partial charge in [0.1, 0.15) is 0 Å². The molecular weight excluding hydrogens is 209 g/mol. The summed E-state index contributed by atoms with van der Waals surface area (Å²) in [5.41, 5.74) is 1.76. The normalized spacial score (nSPS) is 10.1. The molecule has 0 amide bonds. The zero-order chi connectivity index (χ0) is 11.4. The number of hydrogen-bond acceptors (Lipinski definition) is 3. The third-order valence-corrected chi connectivity index (χ3v) is 2.19. The Morgan fingerprint density at radius 1 is 1.50 bits per heavy atom. The zero-order valence-corrected chi connectivity index (χ0v) is 8.83. The highest BCUT2D eigenvalue weighted by Crippen LogP contribution is 2.21. The molecule has 16 heavy (non-hydrogen) atoms. The minimum absolute atomic E-state index is 0.231. The van der Waals surface area contributed by atoms with Gasteiger partial charge in [0.2, 0.25) is 0 Å². The number of benzene rings is 1. The number of H-pyrrole nitrogens is 1.